The maximum Gasteiger partial charge on any atom is 0.263 e. The Morgan fingerprint density at radius 3 is 2.57 bits per heavy atom. The second-order valence-corrected chi connectivity index (χ2v) is 6.56. The van der Waals surface area contributed by atoms with Crippen LogP contribution in [-0.2, 0) is 17.6 Å². The molecule has 0 radical (unpaired) electrons. The van der Waals surface area contributed by atoms with E-state index in [1.165, 1.54) is 24.0 Å². The van der Waals surface area contributed by atoms with Gasteiger partial charge in [-0.25, -0.2) is 0 Å². The first-order valence-electron chi connectivity index (χ1n) is 9.00. The highest BCUT2D eigenvalue weighted by molar-refractivity contribution is 5.81. The molecule has 0 N–H and O–H groups in total. The highest BCUT2D eigenvalue weighted by atomic mass is 16.5. The maximum absolute atomic E-state index is 12.7. The van der Waals surface area contributed by atoms with E-state index in [1.54, 1.807) is 0 Å². The van der Waals surface area contributed by atoms with Crippen LogP contribution in [0, 0.1) is 0 Å². The summed E-state index contributed by atoms with van der Waals surface area (Å²) in [6, 6.07) is 6.32. The number of benzene rings is 1. The van der Waals surface area contributed by atoms with E-state index in [4.69, 9.17) is 4.74 Å². The van der Waals surface area contributed by atoms with Gasteiger partial charge in [-0.15, -0.1) is 0 Å². The fourth-order valence-corrected chi connectivity index (χ4v) is 3.58. The van der Waals surface area contributed by atoms with Gasteiger partial charge < -0.3 is 14.5 Å². The van der Waals surface area contributed by atoms with Crippen LogP contribution < -0.4 is 4.74 Å². The smallest absolute Gasteiger partial charge is 0.263 e. The Balaban J connectivity index is 1.62. The Morgan fingerprint density at radius 1 is 1.13 bits per heavy atom. The van der Waals surface area contributed by atoms with Crippen molar-refractivity contribution < 1.29 is 9.53 Å². The van der Waals surface area contributed by atoms with Crippen molar-refractivity contribution in [2.45, 2.75) is 45.6 Å². The number of carbonyl (C=O) groups excluding carboxylic acids is 1. The Kier molecular flexibility index (Phi) is 5.21. The van der Waals surface area contributed by atoms with Crippen molar-refractivity contribution in [1.82, 2.24) is 9.80 Å². The number of hydrogen-bond acceptors (Lipinski definition) is 3. The van der Waals surface area contributed by atoms with E-state index in [0.29, 0.717) is 6.42 Å². The van der Waals surface area contributed by atoms with Crippen LogP contribution in [0.3, 0.4) is 0 Å². The number of rotatable bonds is 5. The molecule has 4 nitrogen and oxygen atoms in total. The largest absolute Gasteiger partial charge is 0.481 e. The van der Waals surface area contributed by atoms with Crippen LogP contribution in [0.1, 0.15) is 37.8 Å². The van der Waals surface area contributed by atoms with Crippen molar-refractivity contribution >= 4 is 5.91 Å². The third-order valence-electron chi connectivity index (χ3n) is 5.13. The fraction of sp³-hybridized carbons (Fsp3) is 0.632. The first-order valence-corrected chi connectivity index (χ1v) is 9.00. The molecular weight excluding hydrogens is 288 g/mol. The predicted molar refractivity (Wildman–Crippen MR) is 91.9 cm³/mol. The summed E-state index contributed by atoms with van der Waals surface area (Å²) in [7, 11) is 0. The molecule has 0 spiro atoms. The molecule has 0 aromatic heterocycles. The van der Waals surface area contributed by atoms with Crippen LogP contribution in [-0.4, -0.2) is 54.5 Å². The van der Waals surface area contributed by atoms with E-state index in [-0.39, 0.29) is 12.0 Å². The topological polar surface area (TPSA) is 32.8 Å². The van der Waals surface area contributed by atoms with Gasteiger partial charge >= 0.3 is 0 Å². The molecule has 126 valence electrons. The molecule has 2 aliphatic rings. The van der Waals surface area contributed by atoms with Crippen LogP contribution in [0.15, 0.2) is 18.2 Å². The van der Waals surface area contributed by atoms with E-state index in [2.05, 4.69) is 24.0 Å². The molecule has 4 heteroatoms. The summed E-state index contributed by atoms with van der Waals surface area (Å²) in [5.74, 6) is 0.988. The minimum absolute atomic E-state index is 0.142. The summed E-state index contributed by atoms with van der Waals surface area (Å²) in [6.45, 7) is 8.83. The number of ether oxygens (including phenoxy) is 1. The quantitative estimate of drug-likeness (QED) is 0.837. The highest BCUT2D eigenvalue weighted by Crippen LogP contribution is 2.27. The maximum atomic E-state index is 12.7. The highest BCUT2D eigenvalue weighted by Gasteiger charge is 2.27. The van der Waals surface area contributed by atoms with Gasteiger partial charge in [0.1, 0.15) is 5.75 Å². The van der Waals surface area contributed by atoms with Crippen LogP contribution in [0.25, 0.3) is 0 Å². The molecule has 1 amide bonds. The van der Waals surface area contributed by atoms with Crippen molar-refractivity contribution in [2.75, 3.05) is 32.7 Å². The Bertz CT molecular complexity index is 550. The van der Waals surface area contributed by atoms with Crippen LogP contribution >= 0.6 is 0 Å². The second-order valence-electron chi connectivity index (χ2n) is 6.56. The van der Waals surface area contributed by atoms with Gasteiger partial charge in [0.15, 0.2) is 6.10 Å². The molecule has 1 heterocycles. The zero-order valence-electron chi connectivity index (χ0n) is 14.4. The first kappa shape index (κ1) is 16.3. The molecule has 3 rings (SSSR count). The van der Waals surface area contributed by atoms with E-state index in [9.17, 15) is 4.79 Å². The van der Waals surface area contributed by atoms with Crippen molar-refractivity contribution in [3.63, 3.8) is 0 Å². The predicted octanol–water partition coefficient (Wildman–Crippen LogP) is 2.50. The minimum Gasteiger partial charge on any atom is -0.481 e. The van der Waals surface area contributed by atoms with Gasteiger partial charge in [-0.1, -0.05) is 19.9 Å². The van der Waals surface area contributed by atoms with Gasteiger partial charge in [-0.3, -0.25) is 4.79 Å². The lowest BCUT2D eigenvalue weighted by atomic mass is 10.1. The van der Waals surface area contributed by atoms with Gasteiger partial charge in [-0.05, 0) is 55.5 Å². The molecule has 1 aromatic rings. The third-order valence-corrected chi connectivity index (χ3v) is 5.13. The molecule has 1 fully saturated rings. The normalized spacial score (nSPS) is 19.5. The molecule has 1 aliphatic heterocycles. The molecule has 1 unspecified atom stereocenters. The second kappa shape index (κ2) is 7.35. The standard InChI is InChI=1S/C19H28N2O2/c1-3-18(19(22)21-12-10-20(4-2)11-13-21)23-17-9-8-15-6-5-7-16(15)14-17/h8-9,14,18H,3-7,10-13H2,1-2H3. The lowest BCUT2D eigenvalue weighted by molar-refractivity contribution is -0.140. The van der Waals surface area contributed by atoms with E-state index < -0.39 is 0 Å². The molecule has 1 saturated heterocycles. The summed E-state index contributed by atoms with van der Waals surface area (Å²) in [4.78, 5) is 17.1. The zero-order chi connectivity index (χ0) is 16.2. The average molecular weight is 316 g/mol. The minimum atomic E-state index is -0.359. The molecular formula is C19H28N2O2. The van der Waals surface area contributed by atoms with E-state index in [0.717, 1.165) is 44.9 Å². The van der Waals surface area contributed by atoms with Gasteiger partial charge in [0.2, 0.25) is 0 Å². The fourth-order valence-electron chi connectivity index (χ4n) is 3.58. The van der Waals surface area contributed by atoms with Gasteiger partial charge in [0.05, 0.1) is 0 Å². The lowest BCUT2D eigenvalue weighted by Crippen LogP contribution is -2.52. The zero-order valence-corrected chi connectivity index (χ0v) is 14.4. The molecule has 0 bridgehead atoms. The Labute approximate surface area is 139 Å². The summed E-state index contributed by atoms with van der Waals surface area (Å²) >= 11 is 0. The van der Waals surface area contributed by atoms with Crippen molar-refractivity contribution in [1.29, 1.82) is 0 Å². The summed E-state index contributed by atoms with van der Waals surface area (Å²) in [6.07, 6.45) is 3.90. The van der Waals surface area contributed by atoms with Crippen molar-refractivity contribution in [3.8, 4) is 5.75 Å². The third kappa shape index (κ3) is 3.69. The monoisotopic (exact) mass is 316 g/mol. The first-order chi connectivity index (χ1) is 11.2. The van der Waals surface area contributed by atoms with Crippen LogP contribution in [0.4, 0.5) is 0 Å². The van der Waals surface area contributed by atoms with Gasteiger partial charge in [-0.2, -0.15) is 0 Å². The number of fused-ring (bicyclic) bond motifs is 1. The number of piperazine rings is 1. The Morgan fingerprint density at radius 2 is 1.87 bits per heavy atom. The summed E-state index contributed by atoms with van der Waals surface area (Å²) in [5, 5.41) is 0. The molecule has 1 aliphatic carbocycles. The number of amides is 1. The molecule has 1 aromatic carbocycles. The van der Waals surface area contributed by atoms with Crippen LogP contribution in [0.5, 0.6) is 5.75 Å². The molecule has 0 saturated carbocycles. The van der Waals surface area contributed by atoms with Crippen molar-refractivity contribution in [2.24, 2.45) is 0 Å². The van der Waals surface area contributed by atoms with Gasteiger partial charge in [0.25, 0.3) is 5.91 Å². The van der Waals surface area contributed by atoms with E-state index in [1.807, 2.05) is 17.9 Å². The number of carbonyl (C=O) groups is 1. The number of likely N-dealkylation sites (N-methyl/N-ethyl adjacent to an activating group) is 1. The molecule has 23 heavy (non-hydrogen) atoms. The number of nitrogens with zero attached hydrogens (tertiary/aromatic N) is 2. The summed E-state index contributed by atoms with van der Waals surface area (Å²) in [5.41, 5.74) is 2.83. The van der Waals surface area contributed by atoms with Crippen LogP contribution in [0.2, 0.25) is 0 Å². The van der Waals surface area contributed by atoms with Gasteiger partial charge in [0, 0.05) is 26.2 Å². The number of hydrogen-bond donors (Lipinski definition) is 0. The number of aryl methyl sites for hydroxylation is 2. The Hall–Kier alpha value is -1.55. The van der Waals surface area contributed by atoms with E-state index >= 15 is 0 Å². The van der Waals surface area contributed by atoms with Crippen molar-refractivity contribution in [3.05, 3.63) is 29.3 Å². The average Bonchev–Trinajstić information content (AvgIpc) is 3.07. The summed E-state index contributed by atoms with van der Waals surface area (Å²) < 4.78 is 6.05. The lowest BCUT2D eigenvalue weighted by Gasteiger charge is -2.35. The molecule has 1 atom stereocenters. The SMILES string of the molecule is CCC(Oc1ccc2c(c1)CCC2)C(=O)N1CCN(CC)CC1.